The smallest absolute Gasteiger partial charge is 0.127 e. The standard InChI is InChI=1S/C14H27N3S/c1-10(2)13-16-11(8-7-9-18-6)12(15)17(13)14(3,4)5/h10H,7-9,15H2,1-6H3. The first kappa shape index (κ1) is 15.4. The third kappa shape index (κ3) is 3.44. The lowest BCUT2D eigenvalue weighted by molar-refractivity contribution is 0.382. The van der Waals surface area contributed by atoms with Crippen LogP contribution in [0, 0.1) is 0 Å². The minimum atomic E-state index is -0.00551. The van der Waals surface area contributed by atoms with Crippen LogP contribution in [0.4, 0.5) is 5.82 Å². The Morgan fingerprint density at radius 3 is 2.33 bits per heavy atom. The third-order valence-electron chi connectivity index (χ3n) is 2.96. The molecule has 0 aromatic carbocycles. The fourth-order valence-electron chi connectivity index (χ4n) is 2.16. The molecule has 0 aliphatic rings. The predicted octanol–water partition coefficient (Wildman–Crippen LogP) is 3.64. The van der Waals surface area contributed by atoms with Gasteiger partial charge in [0.05, 0.1) is 5.69 Å². The fraction of sp³-hybridized carbons (Fsp3) is 0.786. The molecule has 1 heterocycles. The molecule has 0 unspecified atom stereocenters. The largest absolute Gasteiger partial charge is 0.384 e. The lowest BCUT2D eigenvalue weighted by Crippen LogP contribution is -2.26. The van der Waals surface area contributed by atoms with E-state index in [0.29, 0.717) is 5.92 Å². The Balaban J connectivity index is 3.08. The molecule has 1 rings (SSSR count). The van der Waals surface area contributed by atoms with Crippen molar-refractivity contribution in [3.63, 3.8) is 0 Å². The first-order valence-corrected chi connectivity index (χ1v) is 8.04. The summed E-state index contributed by atoms with van der Waals surface area (Å²) in [5.74, 6) is 3.53. The van der Waals surface area contributed by atoms with E-state index in [9.17, 15) is 0 Å². The number of rotatable bonds is 5. The number of imidazole rings is 1. The number of hydrogen-bond donors (Lipinski definition) is 1. The third-order valence-corrected chi connectivity index (χ3v) is 3.66. The number of nitrogens with zero attached hydrogens (tertiary/aromatic N) is 2. The Kier molecular flexibility index (Phi) is 5.14. The number of nitrogens with two attached hydrogens (primary N) is 1. The van der Waals surface area contributed by atoms with Crippen molar-refractivity contribution >= 4 is 17.6 Å². The van der Waals surface area contributed by atoms with Crippen molar-refractivity contribution in [3.05, 3.63) is 11.5 Å². The molecule has 0 aliphatic carbocycles. The maximum absolute atomic E-state index is 6.30. The lowest BCUT2D eigenvalue weighted by Gasteiger charge is -2.26. The highest BCUT2D eigenvalue weighted by Gasteiger charge is 2.24. The topological polar surface area (TPSA) is 43.8 Å². The van der Waals surface area contributed by atoms with E-state index in [1.165, 1.54) is 5.75 Å². The van der Waals surface area contributed by atoms with Crippen LogP contribution >= 0.6 is 11.8 Å². The molecule has 0 amide bonds. The zero-order valence-electron chi connectivity index (χ0n) is 12.6. The summed E-state index contributed by atoms with van der Waals surface area (Å²) >= 11 is 1.87. The molecule has 1 aromatic rings. The van der Waals surface area contributed by atoms with Crippen LogP contribution in [-0.2, 0) is 12.0 Å². The van der Waals surface area contributed by atoms with Crippen LogP contribution in [0.15, 0.2) is 0 Å². The molecule has 18 heavy (non-hydrogen) atoms. The van der Waals surface area contributed by atoms with E-state index in [1.54, 1.807) is 0 Å². The Morgan fingerprint density at radius 1 is 1.33 bits per heavy atom. The number of nitrogen functional groups attached to an aromatic ring is 1. The van der Waals surface area contributed by atoms with Gasteiger partial charge < -0.3 is 10.3 Å². The van der Waals surface area contributed by atoms with E-state index in [-0.39, 0.29) is 5.54 Å². The predicted molar refractivity (Wildman–Crippen MR) is 82.4 cm³/mol. The number of thioether (sulfide) groups is 1. The molecule has 3 nitrogen and oxygen atoms in total. The lowest BCUT2D eigenvalue weighted by atomic mass is 10.1. The number of hydrogen-bond acceptors (Lipinski definition) is 3. The zero-order chi connectivity index (χ0) is 13.9. The Morgan fingerprint density at radius 2 is 1.94 bits per heavy atom. The molecular formula is C14H27N3S. The van der Waals surface area contributed by atoms with Crippen LogP contribution < -0.4 is 5.73 Å². The number of aryl methyl sites for hydroxylation is 1. The van der Waals surface area contributed by atoms with Gasteiger partial charge in [0.2, 0.25) is 0 Å². The van der Waals surface area contributed by atoms with Gasteiger partial charge in [0, 0.05) is 11.5 Å². The van der Waals surface area contributed by atoms with Gasteiger partial charge in [-0.05, 0) is 45.6 Å². The van der Waals surface area contributed by atoms with Crippen LogP contribution in [-0.4, -0.2) is 21.6 Å². The van der Waals surface area contributed by atoms with Crippen molar-refractivity contribution in [2.45, 2.75) is 58.9 Å². The first-order valence-electron chi connectivity index (χ1n) is 6.65. The van der Waals surface area contributed by atoms with Gasteiger partial charge in [-0.15, -0.1) is 0 Å². The SMILES string of the molecule is CSCCCc1nc(C(C)C)n(C(C)(C)C)c1N. The van der Waals surface area contributed by atoms with E-state index < -0.39 is 0 Å². The molecule has 1 aromatic heterocycles. The second kappa shape index (κ2) is 6.00. The molecule has 0 radical (unpaired) electrons. The summed E-state index contributed by atoms with van der Waals surface area (Å²) in [6.07, 6.45) is 4.26. The minimum absolute atomic E-state index is 0.00551. The van der Waals surface area contributed by atoms with Crippen molar-refractivity contribution in [1.82, 2.24) is 9.55 Å². The van der Waals surface area contributed by atoms with Crippen LogP contribution in [0.5, 0.6) is 0 Å². The Bertz CT molecular complexity index is 388. The summed E-state index contributed by atoms with van der Waals surface area (Å²) < 4.78 is 2.20. The molecule has 0 spiro atoms. The summed E-state index contributed by atoms with van der Waals surface area (Å²) in [7, 11) is 0. The zero-order valence-corrected chi connectivity index (χ0v) is 13.4. The monoisotopic (exact) mass is 269 g/mol. The highest BCUT2D eigenvalue weighted by atomic mass is 32.2. The molecule has 4 heteroatoms. The van der Waals surface area contributed by atoms with Gasteiger partial charge in [0.25, 0.3) is 0 Å². The number of aromatic nitrogens is 2. The normalized spacial score (nSPS) is 12.4. The van der Waals surface area contributed by atoms with Gasteiger partial charge in [0.1, 0.15) is 11.6 Å². The van der Waals surface area contributed by atoms with Gasteiger partial charge in [-0.25, -0.2) is 4.98 Å². The maximum atomic E-state index is 6.30. The molecule has 0 bridgehead atoms. The van der Waals surface area contributed by atoms with E-state index in [2.05, 4.69) is 45.4 Å². The Hall–Kier alpha value is -0.640. The van der Waals surface area contributed by atoms with Crippen LogP contribution in [0.1, 0.15) is 58.5 Å². The molecular weight excluding hydrogens is 242 g/mol. The highest BCUT2D eigenvalue weighted by Crippen LogP contribution is 2.29. The molecule has 0 saturated carbocycles. The van der Waals surface area contributed by atoms with Crippen molar-refractivity contribution < 1.29 is 0 Å². The highest BCUT2D eigenvalue weighted by molar-refractivity contribution is 7.98. The fourth-order valence-corrected chi connectivity index (χ4v) is 2.59. The van der Waals surface area contributed by atoms with E-state index >= 15 is 0 Å². The average Bonchev–Trinajstić information content (AvgIpc) is 2.56. The minimum Gasteiger partial charge on any atom is -0.384 e. The summed E-state index contributed by atoms with van der Waals surface area (Å²) in [6, 6.07) is 0. The van der Waals surface area contributed by atoms with E-state index in [4.69, 9.17) is 10.7 Å². The van der Waals surface area contributed by atoms with E-state index in [1.807, 2.05) is 11.8 Å². The van der Waals surface area contributed by atoms with Crippen molar-refractivity contribution in [3.8, 4) is 0 Å². The van der Waals surface area contributed by atoms with E-state index in [0.717, 1.165) is 30.2 Å². The first-order chi connectivity index (χ1) is 8.29. The van der Waals surface area contributed by atoms with Crippen molar-refractivity contribution in [2.24, 2.45) is 0 Å². The summed E-state index contributed by atoms with van der Waals surface area (Å²) in [5.41, 5.74) is 7.37. The van der Waals surface area contributed by atoms with Gasteiger partial charge in [-0.2, -0.15) is 11.8 Å². The second-order valence-corrected chi connectivity index (χ2v) is 7.04. The molecule has 0 saturated heterocycles. The van der Waals surface area contributed by atoms with Gasteiger partial charge in [0.15, 0.2) is 0 Å². The maximum Gasteiger partial charge on any atom is 0.127 e. The van der Waals surface area contributed by atoms with Gasteiger partial charge >= 0.3 is 0 Å². The second-order valence-electron chi connectivity index (χ2n) is 6.06. The van der Waals surface area contributed by atoms with Gasteiger partial charge in [-0.1, -0.05) is 13.8 Å². The summed E-state index contributed by atoms with van der Waals surface area (Å²) in [6.45, 7) is 10.9. The quantitative estimate of drug-likeness (QED) is 0.830. The summed E-state index contributed by atoms with van der Waals surface area (Å²) in [4.78, 5) is 4.78. The number of anilines is 1. The molecule has 2 N–H and O–H groups in total. The molecule has 0 atom stereocenters. The average molecular weight is 269 g/mol. The Labute approximate surface area is 116 Å². The van der Waals surface area contributed by atoms with Crippen molar-refractivity contribution in [1.29, 1.82) is 0 Å². The van der Waals surface area contributed by atoms with Crippen LogP contribution in [0.3, 0.4) is 0 Å². The molecule has 104 valence electrons. The van der Waals surface area contributed by atoms with Gasteiger partial charge in [-0.3, -0.25) is 0 Å². The molecule has 0 fully saturated rings. The van der Waals surface area contributed by atoms with Crippen molar-refractivity contribution in [2.75, 3.05) is 17.7 Å². The summed E-state index contributed by atoms with van der Waals surface area (Å²) in [5, 5.41) is 0. The van der Waals surface area contributed by atoms with Crippen LogP contribution in [0.25, 0.3) is 0 Å². The van der Waals surface area contributed by atoms with Crippen LogP contribution in [0.2, 0.25) is 0 Å². The molecule has 0 aliphatic heterocycles.